The van der Waals surface area contributed by atoms with Crippen LogP contribution in [0.2, 0.25) is 5.02 Å². The molecule has 2 aromatic rings. The monoisotopic (exact) mass is 385 g/mol. The number of rotatable bonds is 4. The van der Waals surface area contributed by atoms with E-state index in [0.29, 0.717) is 11.5 Å². The molecule has 0 aromatic heterocycles. The second-order valence-electron chi connectivity index (χ2n) is 5.90. The van der Waals surface area contributed by atoms with E-state index in [1.165, 1.54) is 0 Å². The maximum atomic E-state index is 6.36. The molecule has 26 heavy (non-hydrogen) atoms. The lowest BCUT2D eigenvalue weighted by molar-refractivity contribution is 0.865. The van der Waals surface area contributed by atoms with Crippen molar-refractivity contribution in [1.82, 2.24) is 10.7 Å². The van der Waals surface area contributed by atoms with Gasteiger partial charge >= 0.3 is 0 Å². The number of para-hydroxylation sites is 1. The summed E-state index contributed by atoms with van der Waals surface area (Å²) in [6, 6.07) is 17.8. The van der Waals surface area contributed by atoms with Gasteiger partial charge in [0.2, 0.25) is 0 Å². The van der Waals surface area contributed by atoms with Crippen molar-refractivity contribution in [2.24, 2.45) is 16.1 Å². The second-order valence-corrected chi connectivity index (χ2v) is 6.71. The summed E-state index contributed by atoms with van der Waals surface area (Å²) >= 11 is 11.5. The average Bonchev–Trinajstić information content (AvgIpc) is 2.98. The molecule has 2 N–H and O–H groups in total. The molecule has 0 radical (unpaired) electrons. The number of halogens is 1. The third-order valence-electron chi connectivity index (χ3n) is 4.17. The van der Waals surface area contributed by atoms with Crippen LogP contribution in [0, 0.1) is 5.92 Å². The Bertz CT molecular complexity index is 850. The maximum Gasteiger partial charge on any atom is 0.186 e. The lowest BCUT2D eigenvalue weighted by Crippen LogP contribution is -2.35. The summed E-state index contributed by atoms with van der Waals surface area (Å²) < 4.78 is 0. The van der Waals surface area contributed by atoms with Crippen LogP contribution in [0.4, 0.5) is 5.69 Å². The molecule has 1 atom stereocenters. The standard InChI is InChI=1S/C19H20ClN5S/c1-13-16(12-14-8-6-7-11-17(14)20)18(22-23-19(26)21-2)25(24-13)15-9-4-3-5-10-15/h3-11,16H,12H2,1-2H3,(H2,21,23,26). The highest BCUT2D eigenvalue weighted by Crippen LogP contribution is 2.28. The number of nitrogens with zero attached hydrogens (tertiary/aromatic N) is 3. The van der Waals surface area contributed by atoms with Gasteiger partial charge in [0.05, 0.1) is 11.6 Å². The zero-order valence-corrected chi connectivity index (χ0v) is 16.2. The van der Waals surface area contributed by atoms with Crippen LogP contribution in [0.25, 0.3) is 0 Å². The van der Waals surface area contributed by atoms with Gasteiger partial charge in [-0.2, -0.15) is 10.2 Å². The molecule has 2 aromatic carbocycles. The molecule has 1 unspecified atom stereocenters. The number of nitrogens with one attached hydrogen (secondary N) is 2. The fraction of sp³-hybridized carbons (Fsp3) is 0.211. The third-order valence-corrected chi connectivity index (χ3v) is 4.84. The molecule has 7 heteroatoms. The molecule has 0 bridgehead atoms. The number of anilines is 1. The van der Waals surface area contributed by atoms with Crippen molar-refractivity contribution < 1.29 is 0 Å². The summed E-state index contributed by atoms with van der Waals surface area (Å²) in [5.41, 5.74) is 5.87. The van der Waals surface area contributed by atoms with Crippen LogP contribution >= 0.6 is 23.8 Å². The summed E-state index contributed by atoms with van der Waals surface area (Å²) in [7, 11) is 1.75. The number of thiocarbonyl (C=S) groups is 1. The predicted octanol–water partition coefficient (Wildman–Crippen LogP) is 3.80. The number of amidine groups is 1. The van der Waals surface area contributed by atoms with Crippen molar-refractivity contribution in [3.05, 3.63) is 65.2 Å². The fourth-order valence-electron chi connectivity index (χ4n) is 2.78. The van der Waals surface area contributed by atoms with E-state index >= 15 is 0 Å². The van der Waals surface area contributed by atoms with Crippen molar-refractivity contribution in [3.8, 4) is 0 Å². The Kier molecular flexibility index (Phi) is 5.85. The topological polar surface area (TPSA) is 52.0 Å². The quantitative estimate of drug-likeness (QED) is 0.620. The van der Waals surface area contributed by atoms with Gasteiger partial charge in [-0.05, 0) is 49.3 Å². The van der Waals surface area contributed by atoms with E-state index in [0.717, 1.165) is 27.8 Å². The van der Waals surface area contributed by atoms with Gasteiger partial charge < -0.3 is 5.32 Å². The van der Waals surface area contributed by atoms with Crippen molar-refractivity contribution in [1.29, 1.82) is 0 Å². The van der Waals surface area contributed by atoms with Crippen molar-refractivity contribution in [2.45, 2.75) is 13.3 Å². The lowest BCUT2D eigenvalue weighted by Gasteiger charge is -2.19. The number of hydrogen-bond donors (Lipinski definition) is 2. The Morgan fingerprint density at radius 1 is 1.19 bits per heavy atom. The minimum absolute atomic E-state index is 0.00209. The van der Waals surface area contributed by atoms with Gasteiger partial charge in [0.25, 0.3) is 0 Å². The van der Waals surface area contributed by atoms with Crippen molar-refractivity contribution >= 4 is 46.2 Å². The lowest BCUT2D eigenvalue weighted by atomic mass is 9.95. The predicted molar refractivity (Wildman–Crippen MR) is 113 cm³/mol. The fourth-order valence-corrected chi connectivity index (χ4v) is 3.04. The van der Waals surface area contributed by atoms with Crippen LogP contribution in [-0.4, -0.2) is 23.7 Å². The second kappa shape index (κ2) is 8.29. The Morgan fingerprint density at radius 3 is 2.58 bits per heavy atom. The Balaban J connectivity index is 1.95. The van der Waals surface area contributed by atoms with Crippen molar-refractivity contribution in [2.75, 3.05) is 12.1 Å². The van der Waals surface area contributed by atoms with Gasteiger partial charge in [0.1, 0.15) is 0 Å². The first-order valence-electron chi connectivity index (χ1n) is 8.29. The third kappa shape index (κ3) is 4.03. The molecule has 1 heterocycles. The van der Waals surface area contributed by atoms with E-state index in [2.05, 4.69) is 15.8 Å². The largest absolute Gasteiger partial charge is 0.364 e. The molecule has 0 saturated carbocycles. The summed E-state index contributed by atoms with van der Waals surface area (Å²) in [6.45, 7) is 2.01. The maximum absolute atomic E-state index is 6.36. The molecule has 0 spiro atoms. The molecule has 0 fully saturated rings. The molecule has 0 amide bonds. The van der Waals surface area contributed by atoms with Gasteiger partial charge in [0.15, 0.2) is 10.9 Å². The highest BCUT2D eigenvalue weighted by Gasteiger charge is 2.33. The van der Waals surface area contributed by atoms with E-state index in [9.17, 15) is 0 Å². The normalized spacial score (nSPS) is 18.0. The summed E-state index contributed by atoms with van der Waals surface area (Å²) in [6.07, 6.45) is 0.713. The minimum atomic E-state index is 0.00209. The van der Waals surface area contributed by atoms with Gasteiger partial charge in [-0.15, -0.1) is 0 Å². The van der Waals surface area contributed by atoms with Crippen molar-refractivity contribution in [3.63, 3.8) is 0 Å². The molecule has 134 valence electrons. The van der Waals surface area contributed by atoms with E-state index in [1.807, 2.05) is 66.5 Å². The molecule has 0 aliphatic carbocycles. The smallest absolute Gasteiger partial charge is 0.186 e. The van der Waals surface area contributed by atoms with E-state index in [4.69, 9.17) is 28.9 Å². The summed E-state index contributed by atoms with van der Waals surface area (Å²) in [4.78, 5) is 0. The van der Waals surface area contributed by atoms with Crippen LogP contribution in [0.5, 0.6) is 0 Å². The van der Waals surface area contributed by atoms with Gasteiger partial charge in [-0.25, -0.2) is 5.01 Å². The van der Waals surface area contributed by atoms with Gasteiger partial charge in [0, 0.05) is 17.8 Å². The van der Waals surface area contributed by atoms with Gasteiger partial charge in [-0.1, -0.05) is 48.0 Å². The van der Waals surface area contributed by atoms with E-state index in [1.54, 1.807) is 7.05 Å². The van der Waals surface area contributed by atoms with Crippen LogP contribution in [0.3, 0.4) is 0 Å². The zero-order valence-electron chi connectivity index (χ0n) is 14.6. The molecule has 5 nitrogen and oxygen atoms in total. The molecule has 3 rings (SSSR count). The number of hydrazone groups is 2. The first-order valence-corrected chi connectivity index (χ1v) is 9.07. The summed E-state index contributed by atoms with van der Waals surface area (Å²) in [5.74, 6) is 0.786. The van der Waals surface area contributed by atoms with Gasteiger partial charge in [-0.3, -0.25) is 5.43 Å². The van der Waals surface area contributed by atoms with Crippen LogP contribution in [0.1, 0.15) is 12.5 Å². The highest BCUT2D eigenvalue weighted by molar-refractivity contribution is 7.80. The summed E-state index contributed by atoms with van der Waals surface area (Å²) in [5, 5.41) is 15.2. The highest BCUT2D eigenvalue weighted by atomic mass is 35.5. The van der Waals surface area contributed by atoms with E-state index in [-0.39, 0.29) is 5.92 Å². The molecular weight excluding hydrogens is 366 g/mol. The SMILES string of the molecule is CNC(=S)NN=C1C(Cc2ccccc2Cl)C(C)=NN1c1ccccc1. The molecule has 1 aliphatic heterocycles. The Labute approximate surface area is 163 Å². The minimum Gasteiger partial charge on any atom is -0.364 e. The zero-order chi connectivity index (χ0) is 18.5. The van der Waals surface area contributed by atoms with Crippen LogP contribution in [0.15, 0.2) is 64.8 Å². The number of hydrogen-bond acceptors (Lipinski definition) is 3. The first kappa shape index (κ1) is 18.4. The average molecular weight is 386 g/mol. The van der Waals surface area contributed by atoms with Crippen LogP contribution < -0.4 is 15.8 Å². The van der Waals surface area contributed by atoms with E-state index < -0.39 is 0 Å². The molecular formula is C19H20ClN5S. The molecule has 0 saturated heterocycles. The Hall–Kier alpha value is -2.44. The first-order chi connectivity index (χ1) is 12.6. The van der Waals surface area contributed by atoms with Crippen LogP contribution in [-0.2, 0) is 6.42 Å². The molecule has 1 aliphatic rings. The number of benzene rings is 2. The Morgan fingerprint density at radius 2 is 1.88 bits per heavy atom.